The fourth-order valence-electron chi connectivity index (χ4n) is 3.53. The number of nitrogens with one attached hydrogen (secondary N) is 1. The number of carboxylic acid groups (broad SMARTS) is 1. The SMILES string of the molecule is CC(NC(=O)c1c(Cc2ccc(Cl)c(Cl)c2)nn(C)c1C(F)(F)P)c1ccc(C(=O)O)cc1F. The summed E-state index contributed by atoms with van der Waals surface area (Å²) in [5, 5.41) is 16.2. The van der Waals surface area contributed by atoms with Crippen LogP contribution in [0.15, 0.2) is 36.4 Å². The van der Waals surface area contributed by atoms with Gasteiger partial charge >= 0.3 is 11.6 Å². The second-order valence-corrected chi connectivity index (χ2v) is 9.12. The number of aromatic carboxylic acids is 1. The number of carbonyl (C=O) groups excluding carboxylic acids is 1. The molecule has 3 aromatic rings. The summed E-state index contributed by atoms with van der Waals surface area (Å²) in [6, 6.07) is 6.98. The first-order valence-electron chi connectivity index (χ1n) is 9.80. The van der Waals surface area contributed by atoms with Gasteiger partial charge in [-0.3, -0.25) is 9.48 Å². The van der Waals surface area contributed by atoms with E-state index in [1.807, 2.05) is 0 Å². The minimum atomic E-state index is -3.48. The first kappa shape index (κ1) is 26.0. The molecule has 0 aliphatic carbocycles. The van der Waals surface area contributed by atoms with Crippen LogP contribution >= 0.6 is 32.4 Å². The number of hydrogen-bond donors (Lipinski definition) is 2. The Morgan fingerprint density at radius 2 is 1.88 bits per heavy atom. The summed E-state index contributed by atoms with van der Waals surface area (Å²) in [5.74, 6) is -3.06. The van der Waals surface area contributed by atoms with E-state index in [4.69, 9.17) is 28.3 Å². The predicted molar refractivity (Wildman–Crippen MR) is 125 cm³/mol. The van der Waals surface area contributed by atoms with Crippen LogP contribution < -0.4 is 5.32 Å². The van der Waals surface area contributed by atoms with Crippen molar-refractivity contribution in [2.75, 3.05) is 0 Å². The lowest BCUT2D eigenvalue weighted by Gasteiger charge is -2.18. The van der Waals surface area contributed by atoms with Crippen molar-refractivity contribution in [2.45, 2.75) is 25.1 Å². The Labute approximate surface area is 205 Å². The summed E-state index contributed by atoms with van der Waals surface area (Å²) in [4.78, 5) is 24.2. The van der Waals surface area contributed by atoms with E-state index < -0.39 is 35.1 Å². The molecule has 180 valence electrons. The number of amides is 1. The van der Waals surface area contributed by atoms with Crippen molar-refractivity contribution in [3.8, 4) is 0 Å². The van der Waals surface area contributed by atoms with E-state index in [0.29, 0.717) is 10.6 Å². The fourth-order valence-corrected chi connectivity index (χ4v) is 4.18. The number of halogens is 5. The van der Waals surface area contributed by atoms with Gasteiger partial charge in [0.25, 0.3) is 5.91 Å². The highest BCUT2D eigenvalue weighted by molar-refractivity contribution is 7.17. The molecule has 6 nitrogen and oxygen atoms in total. The van der Waals surface area contributed by atoms with E-state index in [2.05, 4.69) is 10.4 Å². The summed E-state index contributed by atoms with van der Waals surface area (Å²) in [6.07, 6.45) is 0.00425. The van der Waals surface area contributed by atoms with Gasteiger partial charge in [-0.25, -0.2) is 9.18 Å². The number of nitrogens with zero attached hydrogens (tertiary/aromatic N) is 2. The van der Waals surface area contributed by atoms with Crippen LogP contribution in [-0.2, 0) is 19.1 Å². The van der Waals surface area contributed by atoms with Crippen LogP contribution in [0.5, 0.6) is 0 Å². The number of alkyl halides is 2. The highest BCUT2D eigenvalue weighted by Gasteiger charge is 2.37. The Morgan fingerprint density at radius 3 is 2.44 bits per heavy atom. The maximum atomic E-state index is 14.4. The number of benzene rings is 2. The molecule has 0 aliphatic heterocycles. The molecule has 0 saturated carbocycles. The Bertz CT molecular complexity index is 1280. The van der Waals surface area contributed by atoms with Crippen molar-refractivity contribution in [3.05, 3.63) is 85.9 Å². The Kier molecular flexibility index (Phi) is 7.60. The molecule has 2 atom stereocenters. The molecule has 0 aliphatic rings. The number of rotatable bonds is 7. The zero-order chi connectivity index (χ0) is 25.4. The van der Waals surface area contributed by atoms with Crippen molar-refractivity contribution < 1.29 is 27.9 Å². The van der Waals surface area contributed by atoms with E-state index >= 15 is 0 Å². The van der Waals surface area contributed by atoms with Crippen LogP contribution in [-0.4, -0.2) is 26.8 Å². The van der Waals surface area contributed by atoms with E-state index in [0.717, 1.165) is 10.7 Å². The monoisotopic (exact) mass is 531 g/mol. The van der Waals surface area contributed by atoms with Gasteiger partial charge in [0.15, 0.2) is 0 Å². The van der Waals surface area contributed by atoms with Crippen LogP contribution in [0.4, 0.5) is 13.2 Å². The van der Waals surface area contributed by atoms with Crippen molar-refractivity contribution in [2.24, 2.45) is 7.05 Å². The van der Waals surface area contributed by atoms with Gasteiger partial charge in [0.2, 0.25) is 0 Å². The molecular formula is C22H19Cl2F3N3O3P. The van der Waals surface area contributed by atoms with E-state index in [-0.39, 0.29) is 33.8 Å². The minimum absolute atomic E-state index is 0.00425. The van der Waals surface area contributed by atoms with Crippen molar-refractivity contribution in [1.29, 1.82) is 0 Å². The van der Waals surface area contributed by atoms with Gasteiger partial charge in [0.05, 0.1) is 32.9 Å². The summed E-state index contributed by atoms with van der Waals surface area (Å²) < 4.78 is 44.2. The van der Waals surface area contributed by atoms with Crippen molar-refractivity contribution in [3.63, 3.8) is 0 Å². The zero-order valence-corrected chi connectivity index (χ0v) is 20.5. The molecule has 34 heavy (non-hydrogen) atoms. The third-order valence-corrected chi connectivity index (χ3v) is 6.09. The fraction of sp³-hybridized carbons (Fsp3) is 0.227. The van der Waals surface area contributed by atoms with Gasteiger partial charge in [-0.05, 0) is 36.8 Å². The van der Waals surface area contributed by atoms with Crippen LogP contribution in [0.25, 0.3) is 0 Å². The molecule has 2 aromatic carbocycles. The molecule has 0 fully saturated rings. The first-order chi connectivity index (χ1) is 15.8. The maximum Gasteiger partial charge on any atom is 0.335 e. The van der Waals surface area contributed by atoms with Gasteiger partial charge in [-0.15, -0.1) is 0 Å². The molecule has 12 heteroatoms. The van der Waals surface area contributed by atoms with Gasteiger partial charge in [0.1, 0.15) is 11.5 Å². The number of aromatic nitrogens is 2. The Balaban J connectivity index is 1.98. The van der Waals surface area contributed by atoms with Crippen molar-refractivity contribution >= 4 is 44.3 Å². The summed E-state index contributed by atoms with van der Waals surface area (Å²) in [6.45, 7) is 1.45. The van der Waals surface area contributed by atoms with Crippen LogP contribution in [0.1, 0.15) is 56.2 Å². The third-order valence-electron chi connectivity index (χ3n) is 5.08. The van der Waals surface area contributed by atoms with Gasteiger partial charge in [-0.2, -0.15) is 13.9 Å². The van der Waals surface area contributed by atoms with Crippen LogP contribution in [0.3, 0.4) is 0 Å². The maximum absolute atomic E-state index is 14.4. The molecule has 0 radical (unpaired) electrons. The normalized spacial score (nSPS) is 12.5. The molecule has 0 saturated heterocycles. The summed E-state index contributed by atoms with van der Waals surface area (Å²) in [5.41, 5.74) is -4.11. The molecule has 0 bridgehead atoms. The highest BCUT2D eigenvalue weighted by Crippen LogP contribution is 2.38. The molecule has 1 aromatic heterocycles. The number of carbonyl (C=O) groups is 2. The molecule has 1 amide bonds. The molecule has 0 spiro atoms. The lowest BCUT2D eigenvalue weighted by atomic mass is 10.0. The van der Waals surface area contributed by atoms with Gasteiger partial charge < -0.3 is 10.4 Å². The van der Waals surface area contributed by atoms with E-state index in [9.17, 15) is 22.8 Å². The second-order valence-electron chi connectivity index (χ2n) is 7.58. The average molecular weight is 532 g/mol. The smallest absolute Gasteiger partial charge is 0.335 e. The molecule has 3 rings (SSSR count). The lowest BCUT2D eigenvalue weighted by molar-refractivity contribution is 0.0695. The topological polar surface area (TPSA) is 84.2 Å². The Morgan fingerprint density at radius 1 is 1.21 bits per heavy atom. The highest BCUT2D eigenvalue weighted by atomic mass is 35.5. The Hall–Kier alpha value is -2.61. The first-order valence-corrected chi connectivity index (χ1v) is 11.1. The van der Waals surface area contributed by atoms with Crippen LogP contribution in [0, 0.1) is 5.82 Å². The molecule has 2 unspecified atom stereocenters. The minimum Gasteiger partial charge on any atom is -0.478 e. The average Bonchev–Trinajstić information content (AvgIpc) is 3.06. The predicted octanol–water partition coefficient (Wildman–Crippen LogP) is 5.57. The number of aryl methyl sites for hydroxylation is 1. The van der Waals surface area contributed by atoms with E-state index in [1.165, 1.54) is 35.3 Å². The van der Waals surface area contributed by atoms with Crippen LogP contribution in [0.2, 0.25) is 10.0 Å². The number of carboxylic acids is 1. The molecular weight excluding hydrogens is 513 g/mol. The third kappa shape index (κ3) is 5.54. The number of hydrogen-bond acceptors (Lipinski definition) is 3. The summed E-state index contributed by atoms with van der Waals surface area (Å²) in [7, 11) is 2.67. The standard InChI is InChI=1S/C22H19Cl2F3N3O3P/c1-10(13-5-4-12(21(32)33)9-16(13)25)28-20(31)18-17(29-30(2)19(18)22(26,27)34)8-11-3-6-14(23)15(24)7-11/h3-7,9-10H,8,34H2,1-2H3,(H,28,31)(H,32,33). The van der Waals surface area contributed by atoms with Gasteiger partial charge in [0, 0.05) is 19.0 Å². The van der Waals surface area contributed by atoms with E-state index in [1.54, 1.807) is 18.2 Å². The molecule has 1 heterocycles. The largest absolute Gasteiger partial charge is 0.478 e. The molecule has 2 N–H and O–H groups in total. The summed E-state index contributed by atoms with van der Waals surface area (Å²) >= 11 is 12.0. The zero-order valence-electron chi connectivity index (χ0n) is 17.9. The second kappa shape index (κ2) is 9.94. The quantitative estimate of drug-likeness (QED) is 0.390. The lowest BCUT2D eigenvalue weighted by Crippen LogP contribution is -2.30. The van der Waals surface area contributed by atoms with Crippen molar-refractivity contribution in [1.82, 2.24) is 15.1 Å². The van der Waals surface area contributed by atoms with Gasteiger partial charge in [-0.1, -0.05) is 44.6 Å².